The number of carboxylic acid groups (broad SMARTS) is 1. The van der Waals surface area contributed by atoms with Crippen LogP contribution in [-0.4, -0.2) is 29.7 Å². The molecule has 1 aliphatic heterocycles. The summed E-state index contributed by atoms with van der Waals surface area (Å²) in [5.41, 5.74) is 0.648. The van der Waals surface area contributed by atoms with Gasteiger partial charge in [-0.05, 0) is 60.1 Å². The number of amides is 1. The highest BCUT2D eigenvalue weighted by atomic mass is 127. The van der Waals surface area contributed by atoms with E-state index in [9.17, 15) is 9.59 Å². The van der Waals surface area contributed by atoms with Gasteiger partial charge in [0, 0.05) is 15.9 Å². The highest BCUT2D eigenvalue weighted by molar-refractivity contribution is 14.1. The van der Waals surface area contributed by atoms with Crippen molar-refractivity contribution in [3.05, 3.63) is 27.3 Å². The molecular formula is C13H14INO4. The molecule has 0 bridgehead atoms. The lowest BCUT2D eigenvalue weighted by Gasteiger charge is -2.21. The molecule has 1 fully saturated rings. The maximum Gasteiger partial charge on any atom is 0.335 e. The molecule has 0 aliphatic carbocycles. The van der Waals surface area contributed by atoms with E-state index in [0.717, 1.165) is 16.4 Å². The van der Waals surface area contributed by atoms with E-state index in [-0.39, 0.29) is 11.5 Å². The van der Waals surface area contributed by atoms with E-state index in [1.54, 1.807) is 12.1 Å². The Kier molecular flexibility index (Phi) is 4.76. The second-order valence-corrected chi connectivity index (χ2v) is 5.62. The van der Waals surface area contributed by atoms with Gasteiger partial charge in [0.15, 0.2) is 0 Å². The SMILES string of the molecule is O=C(O)c1cc(I)cc(NC(=O)C2CCCCO2)c1. The number of nitrogens with one attached hydrogen (secondary N) is 1. The number of aromatic carboxylic acids is 1. The van der Waals surface area contributed by atoms with E-state index in [0.29, 0.717) is 18.7 Å². The fourth-order valence-corrected chi connectivity index (χ4v) is 2.63. The average Bonchev–Trinajstić information content (AvgIpc) is 2.39. The molecule has 1 amide bonds. The zero-order valence-electron chi connectivity index (χ0n) is 10.2. The van der Waals surface area contributed by atoms with E-state index in [1.165, 1.54) is 6.07 Å². The average molecular weight is 375 g/mol. The fourth-order valence-electron chi connectivity index (χ4n) is 1.96. The third-order valence-electron chi connectivity index (χ3n) is 2.88. The van der Waals surface area contributed by atoms with Gasteiger partial charge in [-0.25, -0.2) is 4.79 Å². The van der Waals surface area contributed by atoms with E-state index in [1.807, 2.05) is 22.6 Å². The van der Waals surface area contributed by atoms with Crippen LogP contribution >= 0.6 is 22.6 Å². The van der Waals surface area contributed by atoms with Crippen molar-refractivity contribution < 1.29 is 19.4 Å². The van der Waals surface area contributed by atoms with Crippen LogP contribution in [0.1, 0.15) is 29.6 Å². The lowest BCUT2D eigenvalue weighted by Crippen LogP contribution is -2.33. The van der Waals surface area contributed by atoms with Crippen molar-refractivity contribution in [1.29, 1.82) is 0 Å². The Morgan fingerprint density at radius 2 is 2.11 bits per heavy atom. The standard InChI is InChI=1S/C13H14INO4/c14-9-5-8(13(17)18)6-10(7-9)15-12(16)11-3-1-2-4-19-11/h5-7,11H,1-4H2,(H,15,16)(H,17,18). The van der Waals surface area contributed by atoms with E-state index in [2.05, 4.69) is 5.32 Å². The molecule has 0 saturated carbocycles. The topological polar surface area (TPSA) is 75.6 Å². The summed E-state index contributed by atoms with van der Waals surface area (Å²) in [4.78, 5) is 22.9. The fraction of sp³-hybridized carbons (Fsp3) is 0.385. The summed E-state index contributed by atoms with van der Waals surface area (Å²) in [7, 11) is 0. The molecule has 102 valence electrons. The molecule has 1 atom stereocenters. The van der Waals surface area contributed by atoms with E-state index >= 15 is 0 Å². The van der Waals surface area contributed by atoms with Gasteiger partial charge in [-0.15, -0.1) is 0 Å². The van der Waals surface area contributed by atoms with Crippen molar-refractivity contribution in [3.63, 3.8) is 0 Å². The molecule has 5 nitrogen and oxygen atoms in total. The third-order valence-corrected chi connectivity index (χ3v) is 3.51. The maximum atomic E-state index is 12.0. The van der Waals surface area contributed by atoms with Gasteiger partial charge in [-0.1, -0.05) is 0 Å². The second-order valence-electron chi connectivity index (χ2n) is 4.38. The third kappa shape index (κ3) is 3.90. The van der Waals surface area contributed by atoms with Gasteiger partial charge in [-0.3, -0.25) is 4.79 Å². The minimum atomic E-state index is -1.01. The molecular weight excluding hydrogens is 361 g/mol. The number of ether oxygens (including phenoxy) is 1. The first-order valence-corrected chi connectivity index (χ1v) is 7.10. The molecule has 19 heavy (non-hydrogen) atoms. The molecule has 0 spiro atoms. The number of carboxylic acids is 1. The van der Waals surface area contributed by atoms with Gasteiger partial charge >= 0.3 is 5.97 Å². The minimum absolute atomic E-state index is 0.159. The predicted molar refractivity (Wildman–Crippen MR) is 78.3 cm³/mol. The summed E-state index contributed by atoms with van der Waals surface area (Å²) in [6.07, 6.45) is 2.24. The van der Waals surface area contributed by atoms with Crippen LogP contribution in [-0.2, 0) is 9.53 Å². The number of anilines is 1. The first-order chi connectivity index (χ1) is 9.06. The summed E-state index contributed by atoms with van der Waals surface area (Å²) in [6.45, 7) is 0.602. The number of benzene rings is 1. The van der Waals surface area contributed by atoms with Crippen molar-refractivity contribution >= 4 is 40.2 Å². The first-order valence-electron chi connectivity index (χ1n) is 6.02. The summed E-state index contributed by atoms with van der Waals surface area (Å²) >= 11 is 2.02. The highest BCUT2D eigenvalue weighted by Crippen LogP contribution is 2.19. The van der Waals surface area contributed by atoms with Crippen molar-refractivity contribution in [2.24, 2.45) is 0 Å². The molecule has 1 unspecified atom stereocenters. The normalized spacial score (nSPS) is 18.9. The Balaban J connectivity index is 2.09. The van der Waals surface area contributed by atoms with E-state index < -0.39 is 12.1 Å². The molecule has 0 aromatic heterocycles. The summed E-state index contributed by atoms with van der Waals surface area (Å²) in [5.74, 6) is -1.22. The van der Waals surface area contributed by atoms with Crippen LogP contribution in [0.4, 0.5) is 5.69 Å². The Morgan fingerprint density at radius 3 is 2.74 bits per heavy atom. The van der Waals surface area contributed by atoms with Crippen LogP contribution < -0.4 is 5.32 Å². The molecule has 1 aromatic carbocycles. The monoisotopic (exact) mass is 375 g/mol. The zero-order chi connectivity index (χ0) is 13.8. The predicted octanol–water partition coefficient (Wildman–Crippen LogP) is 2.50. The van der Waals surface area contributed by atoms with Crippen LogP contribution in [0.3, 0.4) is 0 Å². The highest BCUT2D eigenvalue weighted by Gasteiger charge is 2.22. The zero-order valence-corrected chi connectivity index (χ0v) is 12.3. The number of halogens is 1. The number of hydrogen-bond donors (Lipinski definition) is 2. The lowest BCUT2D eigenvalue weighted by atomic mass is 10.1. The smallest absolute Gasteiger partial charge is 0.335 e. The van der Waals surface area contributed by atoms with Crippen LogP contribution in [0.15, 0.2) is 18.2 Å². The molecule has 1 aliphatic rings. The van der Waals surface area contributed by atoms with Crippen LogP contribution in [0.2, 0.25) is 0 Å². The number of carbonyl (C=O) groups is 2. The van der Waals surface area contributed by atoms with Gasteiger partial charge in [0.1, 0.15) is 6.10 Å². The molecule has 1 heterocycles. The number of hydrogen-bond acceptors (Lipinski definition) is 3. The van der Waals surface area contributed by atoms with E-state index in [4.69, 9.17) is 9.84 Å². The Morgan fingerprint density at radius 1 is 1.32 bits per heavy atom. The maximum absolute atomic E-state index is 12.0. The quantitative estimate of drug-likeness (QED) is 0.797. The number of rotatable bonds is 3. The number of carbonyl (C=O) groups excluding carboxylic acids is 1. The van der Waals surface area contributed by atoms with Crippen molar-refractivity contribution in [2.75, 3.05) is 11.9 Å². The molecule has 2 rings (SSSR count). The largest absolute Gasteiger partial charge is 0.478 e. The summed E-state index contributed by atoms with van der Waals surface area (Å²) < 4.78 is 6.15. The van der Waals surface area contributed by atoms with Gasteiger partial charge < -0.3 is 15.2 Å². The Hall–Kier alpha value is -1.15. The summed E-state index contributed by atoms with van der Waals surface area (Å²) in [5, 5.41) is 11.7. The van der Waals surface area contributed by atoms with Gasteiger partial charge in [0.25, 0.3) is 5.91 Å². The van der Waals surface area contributed by atoms with Gasteiger partial charge in [0.05, 0.1) is 5.56 Å². The van der Waals surface area contributed by atoms with Crippen molar-refractivity contribution in [2.45, 2.75) is 25.4 Å². The van der Waals surface area contributed by atoms with Gasteiger partial charge in [-0.2, -0.15) is 0 Å². The van der Waals surface area contributed by atoms with Crippen molar-refractivity contribution in [1.82, 2.24) is 0 Å². The molecule has 0 radical (unpaired) electrons. The van der Waals surface area contributed by atoms with Crippen molar-refractivity contribution in [3.8, 4) is 0 Å². The molecule has 1 saturated heterocycles. The lowest BCUT2D eigenvalue weighted by molar-refractivity contribution is -0.129. The van der Waals surface area contributed by atoms with Gasteiger partial charge in [0.2, 0.25) is 0 Å². The summed E-state index contributed by atoms with van der Waals surface area (Å²) in [6, 6.07) is 4.73. The minimum Gasteiger partial charge on any atom is -0.478 e. The van der Waals surface area contributed by atoms with Crippen LogP contribution in [0.5, 0.6) is 0 Å². The second kappa shape index (κ2) is 6.33. The molecule has 2 N–H and O–H groups in total. The van der Waals surface area contributed by atoms with Crippen LogP contribution in [0, 0.1) is 3.57 Å². The Labute approximate surface area is 124 Å². The Bertz CT molecular complexity index is 497. The first kappa shape index (κ1) is 14.3. The molecule has 1 aromatic rings. The molecule has 6 heteroatoms. The van der Waals surface area contributed by atoms with Crippen LogP contribution in [0.25, 0.3) is 0 Å².